The fraction of sp³-hybridized carbons (Fsp3) is 0. The van der Waals surface area contributed by atoms with Gasteiger partial charge in [0.15, 0.2) is 0 Å². The summed E-state index contributed by atoms with van der Waals surface area (Å²) in [5, 5.41) is 0. The van der Waals surface area contributed by atoms with Gasteiger partial charge in [0.2, 0.25) is 0 Å². The second kappa shape index (κ2) is 104. The summed E-state index contributed by atoms with van der Waals surface area (Å²) >= 11 is 22.0. The average molecular weight is 513 g/mol. The van der Waals surface area contributed by atoms with E-state index < -0.39 is 0 Å². The standard InChI is InChI=1S/3Mo.3S2.H2S/c;;;3*1-2;/h;;;;;;1H2/q;;;3*-2;/p-1. The minimum atomic E-state index is 0. The van der Waals surface area contributed by atoms with E-state index in [2.05, 4.69) is 70.0 Å². The maximum absolute atomic E-state index is 3.67. The Morgan fingerprint density at radius 2 is 0.400 bits per heavy atom. The van der Waals surface area contributed by atoms with Crippen LogP contribution in [-0.2, 0) is 147 Å². The smallest absolute Gasteiger partial charge is 0 e. The van der Waals surface area contributed by atoms with Crippen LogP contribution in [0.1, 0.15) is 0 Å². The zero-order valence-corrected chi connectivity index (χ0v) is 15.9. The molecule has 68 valence electrons. The van der Waals surface area contributed by atoms with Crippen LogP contribution in [0.15, 0.2) is 0 Å². The van der Waals surface area contributed by atoms with Crippen LogP contribution in [0.5, 0.6) is 0 Å². The first-order chi connectivity index (χ1) is 3.00. The third kappa shape index (κ3) is 81.4. The Balaban J connectivity index is -0.00000000225. The summed E-state index contributed by atoms with van der Waals surface area (Å²) < 4.78 is 0. The molecule has 0 N–H and O–H groups in total. The molecule has 0 aliphatic rings. The van der Waals surface area contributed by atoms with Crippen molar-refractivity contribution in [1.82, 2.24) is 0 Å². The van der Waals surface area contributed by atoms with Crippen LogP contribution in [0.4, 0.5) is 0 Å². The molecule has 0 spiro atoms. The topological polar surface area (TPSA) is 0 Å². The van der Waals surface area contributed by atoms with Crippen molar-refractivity contribution in [2.24, 2.45) is 0 Å². The molecule has 0 nitrogen and oxygen atoms in total. The molecule has 0 saturated carbocycles. The van der Waals surface area contributed by atoms with E-state index in [1.165, 1.54) is 0 Å². The molecule has 0 aromatic heterocycles. The van der Waals surface area contributed by atoms with Gasteiger partial charge in [0.1, 0.15) is 0 Å². The van der Waals surface area contributed by atoms with Crippen LogP contribution in [0, 0.1) is 0 Å². The van der Waals surface area contributed by atoms with Crippen molar-refractivity contribution in [2.75, 3.05) is 0 Å². The maximum Gasteiger partial charge on any atom is 0 e. The summed E-state index contributed by atoms with van der Waals surface area (Å²) in [7, 11) is 0. The first kappa shape index (κ1) is 46.9. The van der Waals surface area contributed by atoms with E-state index in [9.17, 15) is 0 Å². The first-order valence-electron chi connectivity index (χ1n) is 0.500. The van der Waals surface area contributed by atoms with Gasteiger partial charge in [0.05, 0.1) is 0 Å². The minimum absolute atomic E-state index is 0. The Hall–Kier alpha value is 4.51. The van der Waals surface area contributed by atoms with Crippen molar-refractivity contribution in [3.05, 3.63) is 0 Å². The second-order valence-electron chi connectivity index (χ2n) is 0. The maximum atomic E-state index is 3.67. The largest absolute Gasteiger partial charge is 1.00 e. The molecule has 0 aromatic carbocycles. The number of thiol groups is 1. The van der Waals surface area contributed by atoms with Crippen molar-refractivity contribution in [1.29, 1.82) is 0 Å². The summed E-state index contributed by atoms with van der Waals surface area (Å²) in [6.45, 7) is 0. The Bertz CT molecular complexity index is 8.81. The van der Waals surface area contributed by atoms with Crippen LogP contribution in [-0.4, -0.2) is 0 Å². The molecule has 0 amide bonds. The molecule has 0 radical (unpaired) electrons. The summed E-state index contributed by atoms with van der Waals surface area (Å²) in [6, 6.07) is 0. The van der Waals surface area contributed by atoms with E-state index >= 15 is 0 Å². The van der Waals surface area contributed by atoms with Gasteiger partial charge in [-0.2, -0.15) is 0 Å². The molecule has 0 rings (SSSR count). The molecule has 0 aromatic rings. The molecule has 0 aliphatic carbocycles. The van der Waals surface area contributed by atoms with Crippen LogP contribution < -0.4 is 0 Å². The zero-order valence-electron chi connectivity index (χ0n) is 4.12. The van der Waals surface area contributed by atoms with E-state index in [1.807, 2.05) is 0 Å². The summed E-state index contributed by atoms with van der Waals surface area (Å²) in [5.74, 6) is 0. The molecular formula is HMo3S7-7. The summed E-state index contributed by atoms with van der Waals surface area (Å²) in [6.07, 6.45) is 0. The third-order valence-electron chi connectivity index (χ3n) is 0. The number of rotatable bonds is 0. The van der Waals surface area contributed by atoms with Crippen LogP contribution in [0.2, 0.25) is 0 Å². The van der Waals surface area contributed by atoms with E-state index in [4.69, 9.17) is 0 Å². The van der Waals surface area contributed by atoms with Gasteiger partial charge in [-0.3, -0.25) is 0 Å². The Labute approximate surface area is 144 Å². The average Bonchev–Trinajstić information content (AvgIpc) is 1.81. The van der Waals surface area contributed by atoms with Gasteiger partial charge in [-0.1, -0.05) is 0 Å². The quantitative estimate of drug-likeness (QED) is 0.187. The van der Waals surface area contributed by atoms with E-state index in [0.717, 1.165) is 0 Å². The fourth-order valence-electron chi connectivity index (χ4n) is 0. The Morgan fingerprint density at radius 1 is 0.400 bits per heavy atom. The molecule has 0 unspecified atom stereocenters. The normalized spacial score (nSPS) is 1.80. The zero-order chi connectivity index (χ0) is 6.00. The monoisotopic (exact) mass is 519 g/mol. The van der Waals surface area contributed by atoms with Gasteiger partial charge >= 0.3 is 0 Å². The minimum Gasteiger partial charge on any atom is -1.00 e. The first-order valence-corrected chi connectivity index (χ1v) is 4.50. The molecule has 0 aliphatic heterocycles. The van der Waals surface area contributed by atoms with Crippen molar-refractivity contribution in [3.8, 4) is 0 Å². The predicted molar refractivity (Wildman–Crippen MR) is 53.0 cm³/mol. The van der Waals surface area contributed by atoms with E-state index in [-0.39, 0.29) is 76.7 Å². The van der Waals surface area contributed by atoms with Gasteiger partial charge in [0, 0.05) is 63.2 Å². The third-order valence-corrected chi connectivity index (χ3v) is 0. The van der Waals surface area contributed by atoms with Crippen molar-refractivity contribution in [2.45, 2.75) is 0 Å². The van der Waals surface area contributed by atoms with Crippen LogP contribution >= 0.6 is 0 Å². The molecule has 0 fully saturated rings. The molecular weight excluding hydrogens is 512 g/mol. The van der Waals surface area contributed by atoms with Gasteiger partial charge in [-0.15, -0.1) is 0 Å². The molecule has 0 saturated heterocycles. The Kier molecular flexibility index (Phi) is 487. The molecule has 0 bridgehead atoms. The molecule has 0 atom stereocenters. The molecule has 0 heterocycles. The number of hydrogen-bond acceptors (Lipinski definition) is 7. The predicted octanol–water partition coefficient (Wildman–Crippen LogP) is -0.292. The number of hydrogen-bond donors (Lipinski definition) is 0. The van der Waals surface area contributed by atoms with Gasteiger partial charge < -0.3 is 83.5 Å². The van der Waals surface area contributed by atoms with E-state index in [1.54, 1.807) is 0 Å². The summed E-state index contributed by atoms with van der Waals surface area (Å²) in [4.78, 5) is 0. The van der Waals surface area contributed by atoms with Crippen LogP contribution in [0.3, 0.4) is 0 Å². The van der Waals surface area contributed by atoms with Crippen molar-refractivity contribution >= 4 is 83.5 Å². The second-order valence-corrected chi connectivity index (χ2v) is 0. The van der Waals surface area contributed by atoms with Crippen molar-refractivity contribution < 1.29 is 63.2 Å². The molecule has 10 heavy (non-hydrogen) atoms. The van der Waals surface area contributed by atoms with Gasteiger partial charge in [0.25, 0.3) is 0 Å². The van der Waals surface area contributed by atoms with Gasteiger partial charge in [-0.05, 0) is 0 Å². The SMILES string of the molecule is [Mo].[Mo].[Mo].[S-][S-].[S-][S-].[S-][S-].[SH-]. The molecule has 10 heteroatoms. The fourth-order valence-corrected chi connectivity index (χ4v) is 0. The Morgan fingerprint density at radius 3 is 0.400 bits per heavy atom. The summed E-state index contributed by atoms with van der Waals surface area (Å²) in [5.41, 5.74) is 0. The van der Waals surface area contributed by atoms with Crippen LogP contribution in [0.25, 0.3) is 0 Å². The van der Waals surface area contributed by atoms with E-state index in [0.29, 0.717) is 0 Å². The van der Waals surface area contributed by atoms with Crippen molar-refractivity contribution in [3.63, 3.8) is 0 Å². The van der Waals surface area contributed by atoms with Gasteiger partial charge in [-0.25, -0.2) is 0 Å².